The third-order valence-corrected chi connectivity index (χ3v) is 5.62. The fourth-order valence-electron chi connectivity index (χ4n) is 4.22. The van der Waals surface area contributed by atoms with Crippen molar-refractivity contribution >= 4 is 34.2 Å². The Balaban J connectivity index is 1.62. The fourth-order valence-corrected chi connectivity index (χ4v) is 4.22. The van der Waals surface area contributed by atoms with Crippen molar-refractivity contribution in [3.63, 3.8) is 0 Å². The summed E-state index contributed by atoms with van der Waals surface area (Å²) in [6, 6.07) is 22.3. The highest BCUT2D eigenvalue weighted by molar-refractivity contribution is 6.21. The molecular weight excluding hydrogens is 366 g/mol. The maximum atomic E-state index is 13.3. The van der Waals surface area contributed by atoms with Crippen LogP contribution in [0.2, 0.25) is 0 Å². The molecule has 1 fully saturated rings. The van der Waals surface area contributed by atoms with Gasteiger partial charge in [-0.2, -0.15) is 0 Å². The Morgan fingerprint density at radius 3 is 2.31 bits per heavy atom. The van der Waals surface area contributed by atoms with Gasteiger partial charge in [0.25, 0.3) is 0 Å². The number of para-hydroxylation sites is 1. The number of anilines is 1. The standard InChI is InChI=1S/C24H17NO4/c26-21-15-20(23(28)25(21)19-8-2-1-3-9-19)24(13-12-22(27)29-24)18-11-10-16-6-4-5-7-17(16)14-18/h1-14,20H,15H2/t20-,24+/m0/s1. The highest BCUT2D eigenvalue weighted by atomic mass is 16.6. The minimum atomic E-state index is -1.29. The van der Waals surface area contributed by atoms with Crippen LogP contribution in [0, 0.1) is 5.92 Å². The number of fused-ring (bicyclic) bond motifs is 1. The largest absolute Gasteiger partial charge is 0.446 e. The van der Waals surface area contributed by atoms with E-state index in [1.165, 1.54) is 11.0 Å². The molecule has 0 N–H and O–H groups in total. The van der Waals surface area contributed by atoms with E-state index in [1.807, 2.05) is 48.5 Å². The molecule has 29 heavy (non-hydrogen) atoms. The molecule has 0 radical (unpaired) electrons. The lowest BCUT2D eigenvalue weighted by Crippen LogP contribution is -2.40. The maximum absolute atomic E-state index is 13.3. The molecule has 2 aliphatic rings. The highest BCUT2D eigenvalue weighted by Crippen LogP contribution is 2.45. The van der Waals surface area contributed by atoms with Crippen LogP contribution in [0.3, 0.4) is 0 Å². The average molecular weight is 383 g/mol. The summed E-state index contributed by atoms with van der Waals surface area (Å²) in [6.45, 7) is 0. The van der Waals surface area contributed by atoms with Gasteiger partial charge in [-0.15, -0.1) is 0 Å². The number of carbonyl (C=O) groups is 3. The number of hydrogen-bond acceptors (Lipinski definition) is 4. The van der Waals surface area contributed by atoms with Gasteiger partial charge in [-0.3, -0.25) is 14.5 Å². The van der Waals surface area contributed by atoms with Crippen molar-refractivity contribution in [1.29, 1.82) is 0 Å². The number of carbonyl (C=O) groups excluding carboxylic acids is 3. The van der Waals surface area contributed by atoms with Gasteiger partial charge in [-0.05, 0) is 35.0 Å². The number of ether oxygens (including phenoxy) is 1. The smallest absolute Gasteiger partial charge is 0.331 e. The molecule has 2 amide bonds. The summed E-state index contributed by atoms with van der Waals surface area (Å²) in [5.74, 6) is -2.01. The maximum Gasteiger partial charge on any atom is 0.331 e. The summed E-state index contributed by atoms with van der Waals surface area (Å²) in [7, 11) is 0. The monoisotopic (exact) mass is 383 g/mol. The van der Waals surface area contributed by atoms with Gasteiger partial charge in [0.05, 0.1) is 11.6 Å². The Morgan fingerprint density at radius 1 is 0.862 bits per heavy atom. The lowest BCUT2D eigenvalue weighted by molar-refractivity contribution is -0.153. The van der Waals surface area contributed by atoms with Gasteiger partial charge in [0.15, 0.2) is 5.60 Å². The molecule has 3 aromatic rings. The van der Waals surface area contributed by atoms with E-state index in [0.717, 1.165) is 10.8 Å². The van der Waals surface area contributed by atoms with Crippen molar-refractivity contribution in [2.45, 2.75) is 12.0 Å². The number of amides is 2. The van der Waals surface area contributed by atoms with Gasteiger partial charge < -0.3 is 4.74 Å². The SMILES string of the molecule is O=C1C=C[C@@](c2ccc3ccccc3c2)([C@H]2CC(=O)N(c3ccccc3)C2=O)O1. The molecule has 3 aromatic carbocycles. The van der Waals surface area contributed by atoms with Crippen LogP contribution < -0.4 is 4.90 Å². The number of benzene rings is 3. The van der Waals surface area contributed by atoms with Gasteiger partial charge in [0, 0.05) is 18.1 Å². The van der Waals surface area contributed by atoms with Crippen molar-refractivity contribution in [3.05, 3.63) is 90.5 Å². The summed E-state index contributed by atoms with van der Waals surface area (Å²) >= 11 is 0. The summed E-state index contributed by atoms with van der Waals surface area (Å²) in [5.41, 5.74) is -0.0940. The van der Waals surface area contributed by atoms with E-state index in [9.17, 15) is 14.4 Å². The quantitative estimate of drug-likeness (QED) is 0.511. The first-order chi connectivity index (χ1) is 14.1. The van der Waals surface area contributed by atoms with E-state index >= 15 is 0 Å². The van der Waals surface area contributed by atoms with Crippen LogP contribution in [0.1, 0.15) is 12.0 Å². The van der Waals surface area contributed by atoms with Crippen LogP contribution in [0.5, 0.6) is 0 Å². The van der Waals surface area contributed by atoms with Crippen LogP contribution in [0.25, 0.3) is 10.8 Å². The Labute approximate surface area is 167 Å². The van der Waals surface area contributed by atoms with Crippen LogP contribution in [-0.4, -0.2) is 17.8 Å². The van der Waals surface area contributed by atoms with E-state index in [4.69, 9.17) is 4.74 Å². The number of rotatable bonds is 3. The number of imide groups is 1. The lowest BCUT2D eigenvalue weighted by atomic mass is 9.79. The van der Waals surface area contributed by atoms with Crippen LogP contribution in [0.4, 0.5) is 5.69 Å². The van der Waals surface area contributed by atoms with E-state index in [0.29, 0.717) is 11.3 Å². The van der Waals surface area contributed by atoms with Gasteiger partial charge in [0.2, 0.25) is 11.8 Å². The second-order valence-corrected chi connectivity index (χ2v) is 7.27. The third kappa shape index (κ3) is 2.66. The molecule has 142 valence electrons. The van der Waals surface area contributed by atoms with Gasteiger partial charge in [-0.25, -0.2) is 4.79 Å². The van der Waals surface area contributed by atoms with Gasteiger partial charge in [-0.1, -0.05) is 54.6 Å². The molecule has 1 saturated heterocycles. The predicted molar refractivity (Wildman–Crippen MR) is 108 cm³/mol. The Bertz CT molecular complexity index is 1180. The Morgan fingerprint density at radius 2 is 1.59 bits per heavy atom. The zero-order valence-corrected chi connectivity index (χ0v) is 15.4. The van der Waals surface area contributed by atoms with E-state index in [2.05, 4.69) is 0 Å². The fraction of sp³-hybridized carbons (Fsp3) is 0.125. The number of nitrogens with zero attached hydrogens (tertiary/aromatic N) is 1. The molecular formula is C24H17NO4. The molecule has 5 heteroatoms. The molecule has 5 rings (SSSR count). The van der Waals surface area contributed by atoms with E-state index < -0.39 is 17.5 Å². The summed E-state index contributed by atoms with van der Waals surface area (Å²) in [6.07, 6.45) is 2.92. The molecule has 0 spiro atoms. The Kier molecular flexibility index (Phi) is 3.84. The van der Waals surface area contributed by atoms with Gasteiger partial charge >= 0.3 is 5.97 Å². The minimum absolute atomic E-state index is 0.0296. The second-order valence-electron chi connectivity index (χ2n) is 7.27. The van der Waals surface area contributed by atoms with Crippen molar-refractivity contribution in [3.8, 4) is 0 Å². The zero-order chi connectivity index (χ0) is 20.0. The summed E-state index contributed by atoms with van der Waals surface area (Å²) in [4.78, 5) is 39.4. The summed E-state index contributed by atoms with van der Waals surface area (Å²) < 4.78 is 5.72. The second kappa shape index (κ2) is 6.41. The van der Waals surface area contributed by atoms with Crippen LogP contribution >= 0.6 is 0 Å². The summed E-state index contributed by atoms with van der Waals surface area (Å²) in [5, 5.41) is 2.01. The van der Waals surface area contributed by atoms with Crippen molar-refractivity contribution < 1.29 is 19.1 Å². The molecule has 2 heterocycles. The molecule has 5 nitrogen and oxygen atoms in total. The average Bonchev–Trinajstić information content (AvgIpc) is 3.28. The predicted octanol–water partition coefficient (Wildman–Crippen LogP) is 3.73. The molecule has 0 unspecified atom stereocenters. The first-order valence-corrected chi connectivity index (χ1v) is 9.42. The molecule has 2 aliphatic heterocycles. The number of cyclic esters (lactones) is 1. The van der Waals surface area contributed by atoms with Crippen LogP contribution in [0.15, 0.2) is 84.9 Å². The Hall–Kier alpha value is -3.73. The zero-order valence-electron chi connectivity index (χ0n) is 15.4. The molecule has 0 aliphatic carbocycles. The number of esters is 1. The van der Waals surface area contributed by atoms with Crippen molar-refractivity contribution in [2.24, 2.45) is 5.92 Å². The van der Waals surface area contributed by atoms with E-state index in [1.54, 1.807) is 30.3 Å². The first-order valence-electron chi connectivity index (χ1n) is 9.42. The number of hydrogen-bond donors (Lipinski definition) is 0. The molecule has 0 aromatic heterocycles. The topological polar surface area (TPSA) is 63.7 Å². The normalized spacial score (nSPS) is 23.8. The molecule has 0 saturated carbocycles. The third-order valence-electron chi connectivity index (χ3n) is 5.62. The van der Waals surface area contributed by atoms with Crippen LogP contribution in [-0.2, 0) is 24.7 Å². The molecule has 2 atom stereocenters. The first kappa shape index (κ1) is 17.4. The van der Waals surface area contributed by atoms with Crippen molar-refractivity contribution in [1.82, 2.24) is 0 Å². The minimum Gasteiger partial charge on any atom is -0.446 e. The van der Waals surface area contributed by atoms with Gasteiger partial charge in [0.1, 0.15) is 0 Å². The van der Waals surface area contributed by atoms with Crippen molar-refractivity contribution in [2.75, 3.05) is 4.90 Å². The lowest BCUT2D eigenvalue weighted by Gasteiger charge is -2.32. The highest BCUT2D eigenvalue weighted by Gasteiger charge is 2.55. The van der Waals surface area contributed by atoms with E-state index in [-0.39, 0.29) is 18.2 Å². The molecule has 0 bridgehead atoms.